The van der Waals surface area contributed by atoms with Crippen molar-refractivity contribution in [3.05, 3.63) is 24.3 Å². The highest BCUT2D eigenvalue weighted by Gasteiger charge is 2.23. The van der Waals surface area contributed by atoms with Gasteiger partial charge in [-0.1, -0.05) is 0 Å². The third-order valence-corrected chi connectivity index (χ3v) is 3.08. The molecule has 1 fully saturated rings. The number of Topliss-reactive ketones (excluding diaryl/α,β-unsaturated/α-hetero) is 1. The lowest BCUT2D eigenvalue weighted by Gasteiger charge is -2.28. The molecule has 0 radical (unpaired) electrons. The lowest BCUT2D eigenvalue weighted by atomic mass is 9.92. The van der Waals surface area contributed by atoms with Gasteiger partial charge in [-0.05, 0) is 32.5 Å². The number of hydrogen-bond acceptors (Lipinski definition) is 4. The largest absolute Gasteiger partial charge is 0.306 e. The van der Waals surface area contributed by atoms with Crippen molar-refractivity contribution in [1.82, 2.24) is 14.9 Å². The van der Waals surface area contributed by atoms with Crippen LogP contribution in [0.3, 0.4) is 0 Å². The second-order valence-electron chi connectivity index (χ2n) is 4.45. The maximum atomic E-state index is 12.0. The molecule has 1 aromatic heterocycles. The third kappa shape index (κ3) is 2.85. The van der Waals surface area contributed by atoms with Crippen molar-refractivity contribution in [3.63, 3.8) is 0 Å². The van der Waals surface area contributed by atoms with Crippen LogP contribution in [-0.2, 0) is 11.2 Å². The molecule has 0 saturated carbocycles. The molecule has 1 unspecified atom stereocenters. The maximum absolute atomic E-state index is 12.0. The zero-order valence-electron chi connectivity index (χ0n) is 9.59. The molecule has 1 aliphatic rings. The number of piperidine rings is 1. The van der Waals surface area contributed by atoms with E-state index in [1.165, 1.54) is 6.33 Å². The van der Waals surface area contributed by atoms with E-state index in [9.17, 15) is 4.79 Å². The summed E-state index contributed by atoms with van der Waals surface area (Å²) in [7, 11) is 2.07. The van der Waals surface area contributed by atoms with Crippen LogP contribution in [0.25, 0.3) is 0 Å². The SMILES string of the molecule is CN1CCCC(C(=O)Cc2ccncn2)C1. The van der Waals surface area contributed by atoms with Crippen molar-refractivity contribution < 1.29 is 4.79 Å². The third-order valence-electron chi connectivity index (χ3n) is 3.08. The summed E-state index contributed by atoms with van der Waals surface area (Å²) < 4.78 is 0. The molecule has 0 aromatic carbocycles. The molecule has 4 heteroatoms. The van der Waals surface area contributed by atoms with Crippen molar-refractivity contribution in [1.29, 1.82) is 0 Å². The molecule has 16 heavy (non-hydrogen) atoms. The van der Waals surface area contributed by atoms with Crippen LogP contribution in [0.15, 0.2) is 18.6 Å². The predicted octanol–water partition coefficient (Wildman–Crippen LogP) is 0.930. The van der Waals surface area contributed by atoms with Crippen LogP contribution in [0.4, 0.5) is 0 Å². The lowest BCUT2D eigenvalue weighted by molar-refractivity contribution is -0.123. The number of rotatable bonds is 3. The van der Waals surface area contributed by atoms with Gasteiger partial charge in [-0.15, -0.1) is 0 Å². The summed E-state index contributed by atoms with van der Waals surface area (Å²) in [5.74, 6) is 0.499. The Kier molecular flexibility index (Phi) is 3.62. The van der Waals surface area contributed by atoms with Crippen molar-refractivity contribution >= 4 is 5.78 Å². The Morgan fingerprint density at radius 1 is 1.62 bits per heavy atom. The molecule has 0 amide bonds. The molecule has 4 nitrogen and oxygen atoms in total. The molecule has 0 bridgehead atoms. The first kappa shape index (κ1) is 11.2. The van der Waals surface area contributed by atoms with Crippen LogP contribution in [0.2, 0.25) is 0 Å². The normalized spacial score (nSPS) is 21.9. The fraction of sp³-hybridized carbons (Fsp3) is 0.583. The molecule has 2 heterocycles. The Bertz CT molecular complexity index is 353. The molecule has 0 N–H and O–H groups in total. The first-order valence-electron chi connectivity index (χ1n) is 5.72. The average Bonchev–Trinajstić information content (AvgIpc) is 2.30. The second kappa shape index (κ2) is 5.16. The monoisotopic (exact) mass is 219 g/mol. The van der Waals surface area contributed by atoms with E-state index in [0.29, 0.717) is 12.2 Å². The fourth-order valence-electron chi connectivity index (χ4n) is 2.17. The second-order valence-corrected chi connectivity index (χ2v) is 4.45. The highest BCUT2D eigenvalue weighted by atomic mass is 16.1. The van der Waals surface area contributed by atoms with Crippen LogP contribution in [0.1, 0.15) is 18.5 Å². The van der Waals surface area contributed by atoms with Gasteiger partial charge in [-0.3, -0.25) is 4.79 Å². The van der Waals surface area contributed by atoms with Gasteiger partial charge in [0.25, 0.3) is 0 Å². The van der Waals surface area contributed by atoms with Crippen molar-refractivity contribution in [3.8, 4) is 0 Å². The number of carbonyl (C=O) groups excluding carboxylic acids is 1. The van der Waals surface area contributed by atoms with Crippen LogP contribution in [0.5, 0.6) is 0 Å². The Labute approximate surface area is 95.7 Å². The zero-order chi connectivity index (χ0) is 11.4. The summed E-state index contributed by atoms with van der Waals surface area (Å²) in [6, 6.07) is 1.81. The van der Waals surface area contributed by atoms with E-state index in [-0.39, 0.29) is 5.92 Å². The smallest absolute Gasteiger partial charge is 0.143 e. The average molecular weight is 219 g/mol. The predicted molar refractivity (Wildman–Crippen MR) is 61.0 cm³/mol. The Morgan fingerprint density at radius 2 is 2.50 bits per heavy atom. The van der Waals surface area contributed by atoms with E-state index in [0.717, 1.165) is 31.6 Å². The topological polar surface area (TPSA) is 46.1 Å². The molecule has 86 valence electrons. The van der Waals surface area contributed by atoms with E-state index in [1.54, 1.807) is 6.20 Å². The van der Waals surface area contributed by atoms with Gasteiger partial charge in [0.05, 0.1) is 5.69 Å². The fourth-order valence-corrected chi connectivity index (χ4v) is 2.17. The minimum Gasteiger partial charge on any atom is -0.306 e. The summed E-state index contributed by atoms with van der Waals surface area (Å²) in [5, 5.41) is 0. The summed E-state index contributed by atoms with van der Waals surface area (Å²) in [6.07, 6.45) is 5.77. The molecule has 1 atom stereocenters. The lowest BCUT2D eigenvalue weighted by Crippen LogP contribution is -2.36. The summed E-state index contributed by atoms with van der Waals surface area (Å²) >= 11 is 0. The first-order valence-corrected chi connectivity index (χ1v) is 5.72. The van der Waals surface area contributed by atoms with E-state index >= 15 is 0 Å². The molecule has 0 aliphatic carbocycles. The maximum Gasteiger partial charge on any atom is 0.143 e. The van der Waals surface area contributed by atoms with Gasteiger partial charge in [0.1, 0.15) is 12.1 Å². The number of aromatic nitrogens is 2. The Balaban J connectivity index is 1.93. The summed E-state index contributed by atoms with van der Waals surface area (Å²) in [4.78, 5) is 22.2. The number of hydrogen-bond donors (Lipinski definition) is 0. The van der Waals surface area contributed by atoms with Crippen molar-refractivity contribution in [2.24, 2.45) is 5.92 Å². The molecular formula is C12H17N3O. The Morgan fingerprint density at radius 3 is 3.19 bits per heavy atom. The highest BCUT2D eigenvalue weighted by molar-refractivity contribution is 5.83. The zero-order valence-corrected chi connectivity index (χ0v) is 9.59. The van der Waals surface area contributed by atoms with Crippen LogP contribution in [-0.4, -0.2) is 40.8 Å². The molecule has 2 rings (SSSR count). The molecular weight excluding hydrogens is 202 g/mol. The van der Waals surface area contributed by atoms with Gasteiger partial charge in [-0.25, -0.2) is 9.97 Å². The Hall–Kier alpha value is -1.29. The van der Waals surface area contributed by atoms with E-state index < -0.39 is 0 Å². The number of nitrogens with zero attached hydrogens (tertiary/aromatic N) is 3. The molecule has 0 spiro atoms. The van der Waals surface area contributed by atoms with Gasteiger partial charge >= 0.3 is 0 Å². The molecule has 1 aliphatic heterocycles. The number of likely N-dealkylation sites (tertiary alicyclic amines) is 1. The quantitative estimate of drug-likeness (QED) is 0.758. The number of carbonyl (C=O) groups is 1. The number of ketones is 1. The molecule has 1 aromatic rings. The van der Waals surface area contributed by atoms with Gasteiger partial charge in [0.2, 0.25) is 0 Å². The highest BCUT2D eigenvalue weighted by Crippen LogP contribution is 2.17. The minimum atomic E-state index is 0.189. The van der Waals surface area contributed by atoms with Gasteiger partial charge < -0.3 is 4.90 Å². The van der Waals surface area contributed by atoms with Crippen molar-refractivity contribution in [2.45, 2.75) is 19.3 Å². The summed E-state index contributed by atoms with van der Waals surface area (Å²) in [5.41, 5.74) is 0.827. The van der Waals surface area contributed by atoms with Gasteiger partial charge in [0.15, 0.2) is 0 Å². The summed E-state index contributed by atoms with van der Waals surface area (Å²) in [6.45, 7) is 2.00. The van der Waals surface area contributed by atoms with Gasteiger partial charge in [-0.2, -0.15) is 0 Å². The van der Waals surface area contributed by atoms with Crippen LogP contribution >= 0.6 is 0 Å². The van der Waals surface area contributed by atoms with Crippen LogP contribution < -0.4 is 0 Å². The van der Waals surface area contributed by atoms with E-state index in [4.69, 9.17) is 0 Å². The standard InChI is InChI=1S/C12H17N3O/c1-15-6-2-3-10(8-15)12(16)7-11-4-5-13-9-14-11/h4-5,9-10H,2-3,6-8H2,1H3. The van der Waals surface area contributed by atoms with Crippen LogP contribution in [0, 0.1) is 5.92 Å². The molecule has 1 saturated heterocycles. The van der Waals surface area contributed by atoms with E-state index in [2.05, 4.69) is 21.9 Å². The van der Waals surface area contributed by atoms with E-state index in [1.807, 2.05) is 6.07 Å². The van der Waals surface area contributed by atoms with Gasteiger partial charge in [0, 0.05) is 25.1 Å². The van der Waals surface area contributed by atoms with Crippen molar-refractivity contribution in [2.75, 3.05) is 20.1 Å². The first-order chi connectivity index (χ1) is 7.75. The minimum absolute atomic E-state index is 0.189.